The van der Waals surface area contributed by atoms with E-state index >= 15 is 0 Å². The van der Waals surface area contributed by atoms with E-state index in [9.17, 15) is 0 Å². The van der Waals surface area contributed by atoms with E-state index in [2.05, 4.69) is 20.3 Å². The van der Waals surface area contributed by atoms with Crippen LogP contribution in [0.15, 0.2) is 24.3 Å². The van der Waals surface area contributed by atoms with Gasteiger partial charge in [0.05, 0.1) is 0 Å². The van der Waals surface area contributed by atoms with Gasteiger partial charge in [0.25, 0.3) is 0 Å². The molecule has 0 saturated heterocycles. The summed E-state index contributed by atoms with van der Waals surface area (Å²) in [5.41, 5.74) is 7.74. The van der Waals surface area contributed by atoms with E-state index in [1.807, 2.05) is 25.2 Å². The summed E-state index contributed by atoms with van der Waals surface area (Å²) in [6.07, 6.45) is 2.46. The molecule has 20 heavy (non-hydrogen) atoms. The van der Waals surface area contributed by atoms with Crippen molar-refractivity contribution in [2.75, 3.05) is 11.9 Å². The van der Waals surface area contributed by atoms with Gasteiger partial charge in [-0.05, 0) is 24.5 Å². The Hall–Kier alpha value is -1.53. The summed E-state index contributed by atoms with van der Waals surface area (Å²) < 4.78 is 4.43. The maximum atomic E-state index is 5.67. The molecule has 2 aromatic rings. The van der Waals surface area contributed by atoms with Crippen molar-refractivity contribution < 1.29 is 0 Å². The molecule has 0 aliphatic heterocycles. The summed E-state index contributed by atoms with van der Waals surface area (Å²) in [7, 11) is 2.03. The topological polar surface area (TPSA) is 55.0 Å². The van der Waals surface area contributed by atoms with Crippen LogP contribution in [0.2, 0.25) is 0 Å². The Morgan fingerprint density at radius 2 is 2.30 bits per heavy atom. The Morgan fingerprint density at radius 1 is 1.50 bits per heavy atom. The van der Waals surface area contributed by atoms with Crippen LogP contribution in [0.25, 0.3) is 0 Å². The number of aromatic nitrogens is 2. The SMILES string of the molecule is CN(Cc1cccc(C(N)=S)c1)c1nc(C2CC2)ns1. The van der Waals surface area contributed by atoms with Gasteiger partial charge in [0.1, 0.15) is 10.8 Å². The van der Waals surface area contributed by atoms with Crippen molar-refractivity contribution in [2.24, 2.45) is 5.73 Å². The third kappa shape index (κ3) is 2.96. The third-order valence-electron chi connectivity index (χ3n) is 3.33. The Kier molecular flexibility index (Phi) is 3.67. The molecule has 6 heteroatoms. The average Bonchev–Trinajstić information content (AvgIpc) is 3.16. The highest BCUT2D eigenvalue weighted by molar-refractivity contribution is 7.80. The second-order valence-corrected chi connectivity index (χ2v) is 6.30. The van der Waals surface area contributed by atoms with Crippen molar-refractivity contribution in [3.63, 3.8) is 0 Å². The van der Waals surface area contributed by atoms with E-state index in [1.165, 1.54) is 29.9 Å². The highest BCUT2D eigenvalue weighted by Crippen LogP contribution is 2.39. The zero-order valence-electron chi connectivity index (χ0n) is 11.2. The molecule has 1 aromatic heterocycles. The van der Waals surface area contributed by atoms with Gasteiger partial charge in [-0.2, -0.15) is 4.37 Å². The molecule has 1 aromatic carbocycles. The fourth-order valence-electron chi connectivity index (χ4n) is 2.05. The molecule has 0 amide bonds. The smallest absolute Gasteiger partial charge is 0.205 e. The Bertz CT molecular complexity index is 634. The van der Waals surface area contributed by atoms with Crippen LogP contribution in [0, 0.1) is 0 Å². The summed E-state index contributed by atoms with van der Waals surface area (Å²) in [4.78, 5) is 7.15. The summed E-state index contributed by atoms with van der Waals surface area (Å²) in [6, 6.07) is 8.01. The van der Waals surface area contributed by atoms with E-state index in [4.69, 9.17) is 18.0 Å². The van der Waals surface area contributed by atoms with Gasteiger partial charge in [0.2, 0.25) is 5.13 Å². The van der Waals surface area contributed by atoms with Gasteiger partial charge in [0, 0.05) is 36.6 Å². The fraction of sp³-hybridized carbons (Fsp3) is 0.357. The number of nitrogens with zero attached hydrogens (tertiary/aromatic N) is 3. The number of rotatable bonds is 5. The van der Waals surface area contributed by atoms with Crippen LogP contribution in [-0.2, 0) is 6.54 Å². The van der Waals surface area contributed by atoms with Gasteiger partial charge in [-0.3, -0.25) is 0 Å². The van der Waals surface area contributed by atoms with Gasteiger partial charge in [0.15, 0.2) is 0 Å². The molecule has 1 heterocycles. The maximum Gasteiger partial charge on any atom is 0.205 e. The number of benzene rings is 1. The van der Waals surface area contributed by atoms with Crippen molar-refractivity contribution in [1.29, 1.82) is 0 Å². The molecule has 3 rings (SSSR count). The minimum atomic E-state index is 0.432. The van der Waals surface area contributed by atoms with Gasteiger partial charge >= 0.3 is 0 Å². The van der Waals surface area contributed by atoms with Crippen LogP contribution in [-0.4, -0.2) is 21.4 Å². The molecule has 0 bridgehead atoms. The normalized spacial score (nSPS) is 14.2. The first-order valence-electron chi connectivity index (χ1n) is 6.57. The van der Waals surface area contributed by atoms with E-state index in [-0.39, 0.29) is 0 Å². The number of thiocarbonyl (C=S) groups is 1. The summed E-state index contributed by atoms with van der Waals surface area (Å²) in [6.45, 7) is 0.774. The molecule has 1 aliphatic rings. The number of nitrogens with two attached hydrogens (primary N) is 1. The Morgan fingerprint density at radius 3 is 3.00 bits per heavy atom. The predicted molar refractivity (Wildman–Crippen MR) is 86.3 cm³/mol. The van der Waals surface area contributed by atoms with Gasteiger partial charge < -0.3 is 10.6 Å². The third-order valence-corrected chi connectivity index (χ3v) is 4.41. The van der Waals surface area contributed by atoms with E-state index < -0.39 is 0 Å². The largest absolute Gasteiger partial charge is 0.389 e. The van der Waals surface area contributed by atoms with Crippen LogP contribution < -0.4 is 10.6 Å². The molecule has 0 unspecified atom stereocenters. The highest BCUT2D eigenvalue weighted by Gasteiger charge is 2.28. The lowest BCUT2D eigenvalue weighted by molar-refractivity contribution is 0.895. The molecule has 0 spiro atoms. The lowest BCUT2D eigenvalue weighted by atomic mass is 10.1. The van der Waals surface area contributed by atoms with Crippen molar-refractivity contribution in [2.45, 2.75) is 25.3 Å². The molecule has 1 saturated carbocycles. The van der Waals surface area contributed by atoms with Crippen LogP contribution >= 0.6 is 23.8 Å². The second-order valence-electron chi connectivity index (χ2n) is 5.13. The molecule has 0 radical (unpaired) electrons. The monoisotopic (exact) mass is 304 g/mol. The fourth-order valence-corrected chi connectivity index (χ4v) is 2.88. The van der Waals surface area contributed by atoms with Crippen LogP contribution in [0.1, 0.15) is 35.7 Å². The molecule has 4 nitrogen and oxygen atoms in total. The zero-order chi connectivity index (χ0) is 14.1. The van der Waals surface area contributed by atoms with Crippen LogP contribution in [0.3, 0.4) is 0 Å². The van der Waals surface area contributed by atoms with Crippen LogP contribution in [0.4, 0.5) is 5.13 Å². The predicted octanol–water partition coefficient (Wildman–Crippen LogP) is 2.69. The first kappa shape index (κ1) is 13.5. The summed E-state index contributed by atoms with van der Waals surface area (Å²) in [5.74, 6) is 1.61. The molecule has 1 aliphatic carbocycles. The van der Waals surface area contributed by atoms with Gasteiger partial charge in [-0.25, -0.2) is 4.98 Å². The summed E-state index contributed by atoms with van der Waals surface area (Å²) >= 11 is 6.48. The number of anilines is 1. The molecule has 1 fully saturated rings. The van der Waals surface area contributed by atoms with Crippen molar-refractivity contribution >= 4 is 33.9 Å². The molecule has 0 atom stereocenters. The average molecular weight is 304 g/mol. The van der Waals surface area contributed by atoms with E-state index in [0.29, 0.717) is 10.9 Å². The quantitative estimate of drug-likeness (QED) is 0.861. The molecule has 2 N–H and O–H groups in total. The van der Waals surface area contributed by atoms with Crippen LogP contribution in [0.5, 0.6) is 0 Å². The van der Waals surface area contributed by atoms with Crippen molar-refractivity contribution in [1.82, 2.24) is 9.36 Å². The molecular formula is C14H16N4S2. The zero-order valence-corrected chi connectivity index (χ0v) is 12.9. The second kappa shape index (κ2) is 5.46. The first-order valence-corrected chi connectivity index (χ1v) is 7.75. The first-order chi connectivity index (χ1) is 9.63. The Balaban J connectivity index is 1.72. The van der Waals surface area contributed by atoms with Gasteiger partial charge in [-0.15, -0.1) is 0 Å². The highest BCUT2D eigenvalue weighted by atomic mass is 32.1. The van der Waals surface area contributed by atoms with Crippen molar-refractivity contribution in [3.05, 3.63) is 41.2 Å². The van der Waals surface area contributed by atoms with Gasteiger partial charge in [-0.1, -0.05) is 30.4 Å². The van der Waals surface area contributed by atoms with E-state index in [0.717, 1.165) is 23.1 Å². The minimum absolute atomic E-state index is 0.432. The standard InChI is InChI=1S/C14H16N4S2/c1-18(14-16-13(17-20-14)10-5-6-10)8-9-3-2-4-11(7-9)12(15)19/h2-4,7,10H,5-6,8H2,1H3,(H2,15,19). The Labute approximate surface area is 127 Å². The van der Waals surface area contributed by atoms with E-state index in [1.54, 1.807) is 0 Å². The summed E-state index contributed by atoms with van der Waals surface area (Å²) in [5, 5.41) is 0.965. The molecular weight excluding hydrogens is 288 g/mol. The lowest BCUT2D eigenvalue weighted by Gasteiger charge is -2.15. The molecule has 104 valence electrons. The minimum Gasteiger partial charge on any atom is -0.389 e. The number of hydrogen-bond donors (Lipinski definition) is 1. The number of hydrogen-bond acceptors (Lipinski definition) is 5. The van der Waals surface area contributed by atoms with Crippen molar-refractivity contribution in [3.8, 4) is 0 Å². The maximum absolute atomic E-state index is 5.67. The lowest BCUT2D eigenvalue weighted by Crippen LogP contribution is -2.17.